The summed E-state index contributed by atoms with van der Waals surface area (Å²) < 4.78 is 0. The molecule has 4 rings (SSSR count). The van der Waals surface area contributed by atoms with Gasteiger partial charge in [-0.15, -0.1) is 0 Å². The van der Waals surface area contributed by atoms with Crippen LogP contribution in [0.3, 0.4) is 0 Å². The van der Waals surface area contributed by atoms with Gasteiger partial charge >= 0.3 is 0 Å². The third-order valence-corrected chi connectivity index (χ3v) is 7.26. The van der Waals surface area contributed by atoms with E-state index >= 15 is 0 Å². The molecule has 0 spiro atoms. The van der Waals surface area contributed by atoms with Gasteiger partial charge in [-0.25, -0.2) is 0 Å². The van der Waals surface area contributed by atoms with E-state index in [-0.39, 0.29) is 24.3 Å². The van der Waals surface area contributed by atoms with E-state index in [2.05, 4.69) is 5.32 Å². The molecule has 0 aromatic heterocycles. The number of hydrogen-bond acceptors (Lipinski definition) is 2. The highest BCUT2D eigenvalue weighted by molar-refractivity contribution is 6.30. The first-order valence-electron chi connectivity index (χ1n) is 12.6. The van der Waals surface area contributed by atoms with Crippen molar-refractivity contribution < 1.29 is 9.59 Å². The lowest BCUT2D eigenvalue weighted by molar-refractivity contribution is -0.141. The molecule has 1 aliphatic rings. The van der Waals surface area contributed by atoms with E-state index in [1.165, 1.54) is 6.42 Å². The fourth-order valence-electron chi connectivity index (χ4n) is 4.76. The Balaban J connectivity index is 1.64. The average Bonchev–Trinajstić information content (AvgIpc) is 2.89. The third-order valence-electron chi connectivity index (χ3n) is 6.76. The van der Waals surface area contributed by atoms with Gasteiger partial charge in [0.05, 0.1) is 6.42 Å². The van der Waals surface area contributed by atoms with Gasteiger partial charge in [-0.1, -0.05) is 97.1 Å². The first-order valence-corrected chi connectivity index (χ1v) is 13.4. The Morgan fingerprint density at radius 1 is 0.778 bits per heavy atom. The smallest absolute Gasteiger partial charge is 0.243 e. The van der Waals surface area contributed by atoms with E-state index in [4.69, 9.17) is 23.2 Å². The number of benzene rings is 3. The van der Waals surface area contributed by atoms with Crippen molar-refractivity contribution in [2.24, 2.45) is 0 Å². The van der Waals surface area contributed by atoms with Gasteiger partial charge in [0.2, 0.25) is 11.8 Å². The Morgan fingerprint density at radius 3 is 1.97 bits per heavy atom. The monoisotopic (exact) mass is 522 g/mol. The molecule has 6 heteroatoms. The van der Waals surface area contributed by atoms with Crippen molar-refractivity contribution in [3.63, 3.8) is 0 Å². The maximum Gasteiger partial charge on any atom is 0.243 e. The summed E-state index contributed by atoms with van der Waals surface area (Å²) in [4.78, 5) is 29.3. The molecule has 3 aromatic carbocycles. The Bertz CT molecular complexity index is 1130. The maximum absolute atomic E-state index is 13.8. The van der Waals surface area contributed by atoms with Gasteiger partial charge in [0, 0.05) is 29.1 Å². The van der Waals surface area contributed by atoms with Gasteiger partial charge in [0.15, 0.2) is 0 Å². The minimum absolute atomic E-state index is 0.0934. The second kappa shape index (κ2) is 12.9. The molecule has 1 atom stereocenters. The van der Waals surface area contributed by atoms with Gasteiger partial charge in [0.1, 0.15) is 6.04 Å². The average molecular weight is 524 g/mol. The molecule has 1 aliphatic carbocycles. The number of halogens is 2. The zero-order valence-corrected chi connectivity index (χ0v) is 21.8. The summed E-state index contributed by atoms with van der Waals surface area (Å²) in [5, 5.41) is 4.53. The van der Waals surface area contributed by atoms with Crippen molar-refractivity contribution in [1.82, 2.24) is 10.2 Å². The number of carbonyl (C=O) groups is 2. The lowest BCUT2D eigenvalue weighted by atomic mass is 9.94. The number of nitrogens with one attached hydrogen (secondary N) is 1. The molecule has 188 valence electrons. The highest BCUT2D eigenvalue weighted by atomic mass is 35.5. The van der Waals surface area contributed by atoms with Crippen LogP contribution in [0.5, 0.6) is 0 Å². The van der Waals surface area contributed by atoms with Crippen LogP contribution in [0.2, 0.25) is 10.0 Å². The normalized spacial score (nSPS) is 14.7. The minimum atomic E-state index is -0.634. The summed E-state index contributed by atoms with van der Waals surface area (Å²) in [6.45, 7) is 0.319. The number of rotatable bonds is 9. The number of amides is 2. The van der Waals surface area contributed by atoms with E-state index in [1.807, 2.05) is 66.7 Å². The fourth-order valence-corrected chi connectivity index (χ4v) is 5.02. The van der Waals surface area contributed by atoms with Crippen LogP contribution < -0.4 is 5.32 Å². The van der Waals surface area contributed by atoms with Crippen LogP contribution in [0.25, 0.3) is 0 Å². The summed E-state index contributed by atoms with van der Waals surface area (Å²) in [5.74, 6) is -0.198. The van der Waals surface area contributed by atoms with Crippen molar-refractivity contribution in [2.75, 3.05) is 0 Å². The predicted octanol–water partition coefficient (Wildman–Crippen LogP) is 6.62. The van der Waals surface area contributed by atoms with E-state index in [0.29, 0.717) is 23.0 Å². The summed E-state index contributed by atoms with van der Waals surface area (Å²) >= 11 is 12.2. The van der Waals surface area contributed by atoms with Gasteiger partial charge in [-0.05, 0) is 53.8 Å². The fraction of sp³-hybridized carbons (Fsp3) is 0.333. The summed E-state index contributed by atoms with van der Waals surface area (Å²) in [6.07, 6.45) is 6.06. The molecule has 2 amide bonds. The Hall–Kier alpha value is -2.82. The SMILES string of the molecule is O=C(NC1CCCCC1)[C@H](Cc1ccccc1)N(Cc1ccc(Cl)cc1)C(=O)Cc1ccc(Cl)cc1. The van der Waals surface area contributed by atoms with Crippen molar-refractivity contribution in [2.45, 2.75) is 63.6 Å². The molecular formula is C30H32Cl2N2O2. The lowest BCUT2D eigenvalue weighted by Gasteiger charge is -2.33. The number of carbonyl (C=O) groups excluding carboxylic acids is 2. The van der Waals surface area contributed by atoms with Gasteiger partial charge in [-0.2, -0.15) is 0 Å². The topological polar surface area (TPSA) is 49.4 Å². The van der Waals surface area contributed by atoms with Gasteiger partial charge in [-0.3, -0.25) is 9.59 Å². The van der Waals surface area contributed by atoms with Crippen molar-refractivity contribution in [3.05, 3.63) is 106 Å². The molecule has 4 nitrogen and oxygen atoms in total. The van der Waals surface area contributed by atoms with Crippen LogP contribution in [0.1, 0.15) is 48.8 Å². The van der Waals surface area contributed by atoms with E-state index in [0.717, 1.165) is 42.4 Å². The Labute approximate surface area is 223 Å². The zero-order valence-electron chi connectivity index (χ0n) is 20.3. The summed E-state index contributed by atoms with van der Waals surface area (Å²) in [5.41, 5.74) is 2.80. The molecule has 0 aliphatic heterocycles. The Morgan fingerprint density at radius 2 is 1.36 bits per heavy atom. The Kier molecular flexibility index (Phi) is 9.43. The molecule has 0 radical (unpaired) electrons. The first-order chi connectivity index (χ1) is 17.5. The van der Waals surface area contributed by atoms with Gasteiger partial charge in [0.25, 0.3) is 0 Å². The molecule has 1 N–H and O–H groups in total. The summed E-state index contributed by atoms with van der Waals surface area (Å²) in [6, 6.07) is 24.1. The highest BCUT2D eigenvalue weighted by Gasteiger charge is 2.32. The van der Waals surface area contributed by atoms with E-state index in [9.17, 15) is 9.59 Å². The molecule has 1 saturated carbocycles. The van der Waals surface area contributed by atoms with Crippen LogP contribution in [0.15, 0.2) is 78.9 Å². The maximum atomic E-state index is 13.8. The van der Waals surface area contributed by atoms with Crippen LogP contribution >= 0.6 is 23.2 Å². The lowest BCUT2D eigenvalue weighted by Crippen LogP contribution is -2.53. The molecule has 1 fully saturated rings. The standard InChI is InChI=1S/C30H32Cl2N2O2/c31-25-15-11-23(12-16-25)20-29(35)34(21-24-13-17-26(32)18-14-24)28(19-22-7-3-1-4-8-22)30(36)33-27-9-5-2-6-10-27/h1,3-4,7-8,11-18,27-28H,2,5-6,9-10,19-21H2,(H,33,36)/t28-/m0/s1. The molecule has 0 heterocycles. The van der Waals surface area contributed by atoms with Crippen LogP contribution in [0, 0.1) is 0 Å². The van der Waals surface area contributed by atoms with E-state index < -0.39 is 6.04 Å². The number of nitrogens with zero attached hydrogens (tertiary/aromatic N) is 1. The third kappa shape index (κ3) is 7.59. The molecule has 3 aromatic rings. The number of hydrogen-bond donors (Lipinski definition) is 1. The quantitative estimate of drug-likeness (QED) is 0.343. The molecule has 0 bridgehead atoms. The second-order valence-electron chi connectivity index (χ2n) is 9.50. The van der Waals surface area contributed by atoms with Crippen molar-refractivity contribution in [1.29, 1.82) is 0 Å². The zero-order chi connectivity index (χ0) is 25.3. The predicted molar refractivity (Wildman–Crippen MR) is 146 cm³/mol. The van der Waals surface area contributed by atoms with Crippen molar-refractivity contribution >= 4 is 35.0 Å². The van der Waals surface area contributed by atoms with Crippen LogP contribution in [0.4, 0.5) is 0 Å². The molecule has 36 heavy (non-hydrogen) atoms. The second-order valence-corrected chi connectivity index (χ2v) is 10.4. The van der Waals surface area contributed by atoms with Crippen molar-refractivity contribution in [3.8, 4) is 0 Å². The first kappa shape index (κ1) is 26.2. The van der Waals surface area contributed by atoms with Crippen LogP contribution in [-0.4, -0.2) is 28.8 Å². The minimum Gasteiger partial charge on any atom is -0.352 e. The van der Waals surface area contributed by atoms with Crippen LogP contribution in [-0.2, 0) is 29.0 Å². The summed E-state index contributed by atoms with van der Waals surface area (Å²) in [7, 11) is 0. The van der Waals surface area contributed by atoms with Gasteiger partial charge < -0.3 is 10.2 Å². The largest absolute Gasteiger partial charge is 0.352 e. The molecule has 0 saturated heterocycles. The molecular weight excluding hydrogens is 491 g/mol. The highest BCUT2D eigenvalue weighted by Crippen LogP contribution is 2.21. The molecule has 0 unspecified atom stereocenters. The van der Waals surface area contributed by atoms with E-state index in [1.54, 1.807) is 17.0 Å².